The van der Waals surface area contributed by atoms with Crippen LogP contribution in [0, 0.1) is 0 Å². The Kier molecular flexibility index (Phi) is 5.49. The number of hydrogen-bond donors (Lipinski definition) is 2. The van der Waals surface area contributed by atoms with Gasteiger partial charge in [-0.2, -0.15) is 11.8 Å². The average Bonchev–Trinajstić information content (AvgIpc) is 3.23. The van der Waals surface area contributed by atoms with Gasteiger partial charge >= 0.3 is 0 Å². The molecule has 1 saturated carbocycles. The zero-order valence-corrected chi connectivity index (χ0v) is 12.9. The Morgan fingerprint density at radius 2 is 2.10 bits per heavy atom. The summed E-state index contributed by atoms with van der Waals surface area (Å²) in [5, 5.41) is 3.39. The van der Waals surface area contributed by atoms with Crippen molar-refractivity contribution in [2.75, 3.05) is 5.75 Å². The predicted molar refractivity (Wildman–Crippen MR) is 85.6 cm³/mol. The second-order valence-corrected chi connectivity index (χ2v) is 6.86. The van der Waals surface area contributed by atoms with Crippen LogP contribution in [0.5, 0.6) is 0 Å². The van der Waals surface area contributed by atoms with E-state index in [1.165, 1.54) is 18.4 Å². The molecule has 0 aromatic heterocycles. The SMILES string of the molecule is CC(CCCSCc1ccccc1)(NC1CC1)C(N)=O. The first kappa shape index (κ1) is 15.4. The van der Waals surface area contributed by atoms with Crippen molar-refractivity contribution >= 4 is 17.7 Å². The second-order valence-electron chi connectivity index (χ2n) is 5.76. The molecule has 1 aromatic rings. The van der Waals surface area contributed by atoms with Crippen molar-refractivity contribution in [2.24, 2.45) is 5.73 Å². The first-order valence-corrected chi connectivity index (χ1v) is 8.45. The molecule has 1 unspecified atom stereocenters. The van der Waals surface area contributed by atoms with Crippen molar-refractivity contribution in [3.05, 3.63) is 35.9 Å². The number of nitrogens with two attached hydrogens (primary N) is 1. The van der Waals surface area contributed by atoms with Gasteiger partial charge in [0.15, 0.2) is 0 Å². The van der Waals surface area contributed by atoms with E-state index in [2.05, 4.69) is 29.6 Å². The van der Waals surface area contributed by atoms with Crippen LogP contribution in [0.25, 0.3) is 0 Å². The standard InChI is InChI=1S/C16H24N2OS/c1-16(15(17)19,18-14-8-9-14)10-5-11-20-12-13-6-3-2-4-7-13/h2-4,6-7,14,18H,5,8-12H2,1H3,(H2,17,19). The number of nitrogens with one attached hydrogen (secondary N) is 1. The van der Waals surface area contributed by atoms with E-state index >= 15 is 0 Å². The maximum Gasteiger partial charge on any atom is 0.237 e. The van der Waals surface area contributed by atoms with Crippen molar-refractivity contribution in [3.8, 4) is 0 Å². The molecule has 1 aliphatic carbocycles. The van der Waals surface area contributed by atoms with Gasteiger partial charge in [0, 0.05) is 11.8 Å². The normalized spacial score (nSPS) is 17.6. The molecule has 0 aliphatic heterocycles. The molecule has 0 saturated heterocycles. The molecule has 1 amide bonds. The molecule has 1 atom stereocenters. The summed E-state index contributed by atoms with van der Waals surface area (Å²) in [6.07, 6.45) is 4.18. The smallest absolute Gasteiger partial charge is 0.237 e. The Hall–Kier alpha value is -1.00. The van der Waals surface area contributed by atoms with Crippen LogP contribution in [-0.2, 0) is 10.5 Å². The topological polar surface area (TPSA) is 55.1 Å². The molecule has 4 heteroatoms. The first-order valence-electron chi connectivity index (χ1n) is 7.29. The Labute approximate surface area is 125 Å². The molecule has 20 heavy (non-hydrogen) atoms. The summed E-state index contributed by atoms with van der Waals surface area (Å²) in [6, 6.07) is 11.0. The maximum absolute atomic E-state index is 11.6. The Morgan fingerprint density at radius 1 is 1.40 bits per heavy atom. The Balaban J connectivity index is 1.67. The molecular formula is C16H24N2OS. The fourth-order valence-electron chi connectivity index (χ4n) is 2.24. The second kappa shape index (κ2) is 7.14. The fraction of sp³-hybridized carbons (Fsp3) is 0.562. The van der Waals surface area contributed by atoms with E-state index in [4.69, 9.17) is 5.73 Å². The van der Waals surface area contributed by atoms with Crippen LogP contribution in [0.3, 0.4) is 0 Å². The van der Waals surface area contributed by atoms with Gasteiger partial charge in [-0.25, -0.2) is 0 Å². The summed E-state index contributed by atoms with van der Waals surface area (Å²) in [4.78, 5) is 11.6. The van der Waals surface area contributed by atoms with E-state index in [-0.39, 0.29) is 5.91 Å². The number of amides is 1. The highest BCUT2D eigenvalue weighted by Gasteiger charge is 2.36. The highest BCUT2D eigenvalue weighted by atomic mass is 32.2. The van der Waals surface area contributed by atoms with E-state index in [0.717, 1.165) is 24.3 Å². The van der Waals surface area contributed by atoms with Crippen LogP contribution in [-0.4, -0.2) is 23.2 Å². The molecule has 1 aliphatic rings. The quantitative estimate of drug-likeness (QED) is 0.688. The highest BCUT2D eigenvalue weighted by Crippen LogP contribution is 2.25. The minimum Gasteiger partial charge on any atom is -0.368 e. The van der Waals surface area contributed by atoms with Crippen molar-refractivity contribution in [1.29, 1.82) is 0 Å². The molecule has 3 N–H and O–H groups in total. The third-order valence-electron chi connectivity index (χ3n) is 3.72. The summed E-state index contributed by atoms with van der Waals surface area (Å²) >= 11 is 1.91. The molecule has 2 rings (SSSR count). The van der Waals surface area contributed by atoms with E-state index in [1.807, 2.05) is 24.8 Å². The van der Waals surface area contributed by atoms with Gasteiger partial charge in [0.1, 0.15) is 0 Å². The minimum absolute atomic E-state index is 0.225. The van der Waals surface area contributed by atoms with Gasteiger partial charge in [-0.05, 0) is 43.9 Å². The third-order valence-corrected chi connectivity index (χ3v) is 4.84. The van der Waals surface area contributed by atoms with E-state index in [1.54, 1.807) is 0 Å². The highest BCUT2D eigenvalue weighted by molar-refractivity contribution is 7.98. The molecule has 0 heterocycles. The maximum atomic E-state index is 11.6. The lowest BCUT2D eigenvalue weighted by Gasteiger charge is -2.27. The summed E-state index contributed by atoms with van der Waals surface area (Å²) < 4.78 is 0. The number of benzene rings is 1. The van der Waals surface area contributed by atoms with Gasteiger partial charge in [-0.3, -0.25) is 4.79 Å². The van der Waals surface area contributed by atoms with E-state index in [9.17, 15) is 4.79 Å². The van der Waals surface area contributed by atoms with Gasteiger partial charge in [-0.15, -0.1) is 0 Å². The molecule has 0 bridgehead atoms. The van der Waals surface area contributed by atoms with Crippen molar-refractivity contribution in [3.63, 3.8) is 0 Å². The monoisotopic (exact) mass is 292 g/mol. The number of primary amides is 1. The van der Waals surface area contributed by atoms with Crippen LogP contribution in [0.1, 0.15) is 38.2 Å². The summed E-state index contributed by atoms with van der Waals surface area (Å²) in [5.41, 5.74) is 6.36. The molecule has 1 aromatic carbocycles. The zero-order chi connectivity index (χ0) is 14.4. The molecule has 3 nitrogen and oxygen atoms in total. The lowest BCUT2D eigenvalue weighted by molar-refractivity contribution is -0.124. The van der Waals surface area contributed by atoms with Crippen LogP contribution >= 0.6 is 11.8 Å². The van der Waals surface area contributed by atoms with Gasteiger partial charge in [-0.1, -0.05) is 30.3 Å². The summed E-state index contributed by atoms with van der Waals surface area (Å²) in [7, 11) is 0. The van der Waals surface area contributed by atoms with Crippen molar-refractivity contribution in [2.45, 2.75) is 49.9 Å². The lowest BCUT2D eigenvalue weighted by atomic mass is 9.95. The molecular weight excluding hydrogens is 268 g/mol. The molecule has 110 valence electrons. The van der Waals surface area contributed by atoms with Crippen molar-refractivity contribution < 1.29 is 4.79 Å². The summed E-state index contributed by atoms with van der Waals surface area (Å²) in [6.45, 7) is 1.94. The van der Waals surface area contributed by atoms with Crippen LogP contribution < -0.4 is 11.1 Å². The number of rotatable bonds is 9. The fourth-order valence-corrected chi connectivity index (χ4v) is 3.16. The van der Waals surface area contributed by atoms with Crippen LogP contribution in [0.4, 0.5) is 0 Å². The van der Waals surface area contributed by atoms with Crippen LogP contribution in [0.2, 0.25) is 0 Å². The predicted octanol–water partition coefficient (Wildman–Crippen LogP) is 2.70. The van der Waals surface area contributed by atoms with E-state index in [0.29, 0.717) is 6.04 Å². The van der Waals surface area contributed by atoms with Gasteiger partial charge in [0.05, 0.1) is 5.54 Å². The van der Waals surface area contributed by atoms with Crippen LogP contribution in [0.15, 0.2) is 30.3 Å². The third kappa shape index (κ3) is 4.84. The zero-order valence-electron chi connectivity index (χ0n) is 12.1. The van der Waals surface area contributed by atoms with E-state index < -0.39 is 5.54 Å². The Morgan fingerprint density at radius 3 is 2.70 bits per heavy atom. The lowest BCUT2D eigenvalue weighted by Crippen LogP contribution is -2.54. The van der Waals surface area contributed by atoms with Gasteiger partial charge < -0.3 is 11.1 Å². The summed E-state index contributed by atoms with van der Waals surface area (Å²) in [5.74, 6) is 1.87. The first-order chi connectivity index (χ1) is 9.60. The number of thioether (sulfide) groups is 1. The average molecular weight is 292 g/mol. The van der Waals surface area contributed by atoms with Gasteiger partial charge in [0.25, 0.3) is 0 Å². The molecule has 1 fully saturated rings. The Bertz CT molecular complexity index is 433. The molecule has 0 radical (unpaired) electrons. The number of hydrogen-bond acceptors (Lipinski definition) is 3. The molecule has 0 spiro atoms. The number of carbonyl (C=O) groups excluding carboxylic acids is 1. The largest absolute Gasteiger partial charge is 0.368 e. The van der Waals surface area contributed by atoms with Gasteiger partial charge in [0.2, 0.25) is 5.91 Å². The number of carbonyl (C=O) groups is 1. The van der Waals surface area contributed by atoms with Crippen molar-refractivity contribution in [1.82, 2.24) is 5.32 Å². The minimum atomic E-state index is -0.533.